The van der Waals surface area contributed by atoms with Crippen LogP contribution in [-0.2, 0) is 6.54 Å². The predicted molar refractivity (Wildman–Crippen MR) is 80.6 cm³/mol. The minimum absolute atomic E-state index is 0.184. The maximum absolute atomic E-state index is 12.1. The summed E-state index contributed by atoms with van der Waals surface area (Å²) in [5.41, 5.74) is 0.620. The van der Waals surface area contributed by atoms with E-state index in [1.165, 1.54) is 30.4 Å². The van der Waals surface area contributed by atoms with Crippen molar-refractivity contribution < 1.29 is 0 Å². The molecule has 1 aliphatic carbocycles. The molecule has 3 rings (SSSR count). The zero-order valence-corrected chi connectivity index (χ0v) is 12.6. The lowest BCUT2D eigenvalue weighted by molar-refractivity contribution is 0.572. The summed E-state index contributed by atoms with van der Waals surface area (Å²) in [6, 6.07) is 1.02. The Morgan fingerprint density at radius 1 is 1.50 bits per heavy atom. The first-order chi connectivity index (χ1) is 9.70. The van der Waals surface area contributed by atoms with Crippen LogP contribution in [0.2, 0.25) is 5.02 Å². The maximum atomic E-state index is 12.1. The molecule has 110 valence electrons. The molecule has 0 radical (unpaired) electrons. The van der Waals surface area contributed by atoms with Gasteiger partial charge in [0, 0.05) is 25.2 Å². The highest BCUT2D eigenvalue weighted by Crippen LogP contribution is 2.34. The van der Waals surface area contributed by atoms with Gasteiger partial charge in [0.15, 0.2) is 0 Å². The fraction of sp³-hybridized carbons (Fsp3) is 0.714. The van der Waals surface area contributed by atoms with Gasteiger partial charge in [0.25, 0.3) is 5.56 Å². The molecule has 0 bridgehead atoms. The smallest absolute Gasteiger partial charge is 0.287 e. The van der Waals surface area contributed by atoms with Crippen molar-refractivity contribution in [2.24, 2.45) is 0 Å². The summed E-state index contributed by atoms with van der Waals surface area (Å²) in [6.45, 7) is 4.45. The van der Waals surface area contributed by atoms with Crippen molar-refractivity contribution in [3.8, 4) is 0 Å². The first-order valence-corrected chi connectivity index (χ1v) is 7.84. The number of nitrogens with zero attached hydrogens (tertiary/aromatic N) is 3. The molecule has 0 aromatic carbocycles. The van der Waals surface area contributed by atoms with E-state index in [1.54, 1.807) is 6.20 Å². The van der Waals surface area contributed by atoms with E-state index in [1.807, 2.05) is 6.92 Å². The summed E-state index contributed by atoms with van der Waals surface area (Å²) >= 11 is 6.29. The van der Waals surface area contributed by atoms with Gasteiger partial charge in [0.05, 0.1) is 11.9 Å². The highest BCUT2D eigenvalue weighted by atomic mass is 35.5. The first-order valence-electron chi connectivity index (χ1n) is 7.46. The Kier molecular flexibility index (Phi) is 3.98. The van der Waals surface area contributed by atoms with E-state index in [0.29, 0.717) is 23.7 Å². The first kappa shape index (κ1) is 13.9. The lowest BCUT2D eigenvalue weighted by atomic mass is 10.2. The molecule has 1 aliphatic heterocycles. The fourth-order valence-corrected chi connectivity index (χ4v) is 3.12. The Morgan fingerprint density at radius 2 is 2.30 bits per heavy atom. The van der Waals surface area contributed by atoms with E-state index in [0.717, 1.165) is 18.8 Å². The van der Waals surface area contributed by atoms with Crippen molar-refractivity contribution >= 4 is 17.3 Å². The number of hydrogen-bond acceptors (Lipinski definition) is 4. The highest BCUT2D eigenvalue weighted by Gasteiger charge is 2.33. The second kappa shape index (κ2) is 5.74. The zero-order valence-electron chi connectivity index (χ0n) is 11.8. The molecule has 0 spiro atoms. The fourth-order valence-electron chi connectivity index (χ4n) is 2.86. The second-order valence-electron chi connectivity index (χ2n) is 5.64. The normalized spacial score (nSPS) is 22.2. The molecule has 1 N–H and O–H groups in total. The molecular weight excluding hydrogens is 276 g/mol. The van der Waals surface area contributed by atoms with Crippen LogP contribution >= 0.6 is 11.6 Å². The number of aryl methyl sites for hydroxylation is 1. The summed E-state index contributed by atoms with van der Waals surface area (Å²) in [5, 5.41) is 8.04. The van der Waals surface area contributed by atoms with Gasteiger partial charge in [-0.05, 0) is 39.2 Å². The molecular formula is C14H21ClN4O. The van der Waals surface area contributed by atoms with Crippen LogP contribution in [0.5, 0.6) is 0 Å². The van der Waals surface area contributed by atoms with Gasteiger partial charge < -0.3 is 10.2 Å². The summed E-state index contributed by atoms with van der Waals surface area (Å²) < 4.78 is 1.41. The Balaban J connectivity index is 1.87. The third-order valence-electron chi connectivity index (χ3n) is 4.14. The number of nitrogens with one attached hydrogen (secondary N) is 1. The van der Waals surface area contributed by atoms with Crippen LogP contribution < -0.4 is 15.8 Å². The maximum Gasteiger partial charge on any atom is 0.287 e. The monoisotopic (exact) mass is 296 g/mol. The molecule has 2 fully saturated rings. The largest absolute Gasteiger partial charge is 0.364 e. The van der Waals surface area contributed by atoms with E-state index in [9.17, 15) is 4.79 Å². The summed E-state index contributed by atoms with van der Waals surface area (Å²) in [6.07, 6.45) is 6.53. The summed E-state index contributed by atoms with van der Waals surface area (Å²) in [5.74, 6) is 0. The molecule has 1 atom stereocenters. The van der Waals surface area contributed by atoms with Crippen molar-refractivity contribution in [3.63, 3.8) is 0 Å². The Labute approximate surface area is 123 Å². The van der Waals surface area contributed by atoms with Crippen LogP contribution in [0.15, 0.2) is 11.0 Å². The number of halogens is 1. The van der Waals surface area contributed by atoms with E-state index in [-0.39, 0.29) is 5.56 Å². The third kappa shape index (κ3) is 2.69. The van der Waals surface area contributed by atoms with Gasteiger partial charge in [-0.2, -0.15) is 5.10 Å². The van der Waals surface area contributed by atoms with Crippen LogP contribution in [0.4, 0.5) is 5.69 Å². The van der Waals surface area contributed by atoms with E-state index >= 15 is 0 Å². The number of rotatable bonds is 5. The van der Waals surface area contributed by atoms with Crippen molar-refractivity contribution in [2.75, 3.05) is 18.0 Å². The minimum Gasteiger partial charge on any atom is -0.364 e. The molecule has 1 saturated carbocycles. The van der Waals surface area contributed by atoms with Crippen molar-refractivity contribution in [3.05, 3.63) is 21.6 Å². The standard InChI is InChI=1S/C14H21ClN4O/c1-2-19-14(20)13(15)12(8-17-19)18(11-5-6-11)9-10-4-3-7-16-10/h8,10-11,16H,2-7,9H2,1H3. The molecule has 1 saturated heterocycles. The van der Waals surface area contributed by atoms with Crippen LogP contribution in [0.3, 0.4) is 0 Å². The molecule has 20 heavy (non-hydrogen) atoms. The topological polar surface area (TPSA) is 50.2 Å². The van der Waals surface area contributed by atoms with Crippen LogP contribution in [0.25, 0.3) is 0 Å². The van der Waals surface area contributed by atoms with Crippen molar-refractivity contribution in [2.45, 2.75) is 51.2 Å². The lowest BCUT2D eigenvalue weighted by Crippen LogP contribution is -2.40. The van der Waals surface area contributed by atoms with E-state index in [2.05, 4.69) is 15.3 Å². The quantitative estimate of drug-likeness (QED) is 0.897. The van der Waals surface area contributed by atoms with Gasteiger partial charge in [0.1, 0.15) is 5.02 Å². The average Bonchev–Trinajstić information content (AvgIpc) is 3.17. The van der Waals surface area contributed by atoms with Crippen LogP contribution in [0.1, 0.15) is 32.6 Å². The molecule has 1 unspecified atom stereocenters. The van der Waals surface area contributed by atoms with Gasteiger partial charge in [-0.1, -0.05) is 11.6 Å². The second-order valence-corrected chi connectivity index (χ2v) is 6.02. The molecule has 6 heteroatoms. The SMILES string of the molecule is CCn1ncc(N(CC2CCCN2)C2CC2)c(Cl)c1=O. The van der Waals surface area contributed by atoms with Gasteiger partial charge in [0.2, 0.25) is 0 Å². The predicted octanol–water partition coefficient (Wildman–Crippen LogP) is 1.64. The van der Waals surface area contributed by atoms with Gasteiger partial charge >= 0.3 is 0 Å². The molecule has 5 nitrogen and oxygen atoms in total. The van der Waals surface area contributed by atoms with Crippen molar-refractivity contribution in [1.82, 2.24) is 15.1 Å². The Bertz CT molecular complexity index is 534. The van der Waals surface area contributed by atoms with Crippen LogP contribution in [-0.4, -0.2) is 35.0 Å². The highest BCUT2D eigenvalue weighted by molar-refractivity contribution is 6.33. The van der Waals surface area contributed by atoms with Crippen LogP contribution in [0, 0.1) is 0 Å². The van der Waals surface area contributed by atoms with E-state index < -0.39 is 0 Å². The Morgan fingerprint density at radius 3 is 2.90 bits per heavy atom. The molecule has 2 aliphatic rings. The summed E-state index contributed by atoms with van der Waals surface area (Å²) in [4.78, 5) is 14.4. The Hall–Kier alpha value is -1.07. The molecule has 1 aromatic heterocycles. The van der Waals surface area contributed by atoms with Gasteiger partial charge in [-0.15, -0.1) is 0 Å². The minimum atomic E-state index is -0.184. The third-order valence-corrected chi connectivity index (χ3v) is 4.50. The molecule has 0 amide bonds. The van der Waals surface area contributed by atoms with Gasteiger partial charge in [-0.25, -0.2) is 4.68 Å². The lowest BCUT2D eigenvalue weighted by Gasteiger charge is -2.28. The zero-order chi connectivity index (χ0) is 14.1. The summed E-state index contributed by atoms with van der Waals surface area (Å²) in [7, 11) is 0. The molecule has 2 heterocycles. The number of anilines is 1. The number of aromatic nitrogens is 2. The van der Waals surface area contributed by atoms with Gasteiger partial charge in [-0.3, -0.25) is 4.79 Å². The molecule has 1 aromatic rings. The van der Waals surface area contributed by atoms with E-state index in [4.69, 9.17) is 11.6 Å². The average molecular weight is 297 g/mol. The van der Waals surface area contributed by atoms with Crippen molar-refractivity contribution in [1.29, 1.82) is 0 Å². The number of hydrogen-bond donors (Lipinski definition) is 1.